The topological polar surface area (TPSA) is 0 Å². The molecule has 106 valence electrons. The molecule has 0 aromatic heterocycles. The zero-order valence-electron chi connectivity index (χ0n) is 11.5. The van der Waals surface area contributed by atoms with Crippen molar-refractivity contribution < 1.29 is 51.0 Å². The van der Waals surface area contributed by atoms with Crippen LogP contribution in [0, 0.1) is 6.58 Å². The number of hydrogen-bond acceptors (Lipinski definition) is 1. The van der Waals surface area contributed by atoms with Gasteiger partial charge < -0.3 is 40.5 Å². The van der Waals surface area contributed by atoms with Crippen LogP contribution >= 0.6 is 11.8 Å². The summed E-state index contributed by atoms with van der Waals surface area (Å²) in [7, 11) is 0. The van der Waals surface area contributed by atoms with Crippen LogP contribution in [0.3, 0.4) is 0 Å². The maximum absolute atomic E-state index is 5.76. The third-order valence-electron chi connectivity index (χ3n) is 1.70. The molecule has 0 rings (SSSR count). The summed E-state index contributed by atoms with van der Waals surface area (Å²) in [6, 6.07) is 0. The molecule has 0 amide bonds. The zero-order chi connectivity index (χ0) is 10.5. The number of halogens is 2. The molecule has 17 heavy (non-hydrogen) atoms. The summed E-state index contributed by atoms with van der Waals surface area (Å²) in [5.74, 6) is 0. The molecule has 0 N–H and O–H groups in total. The second-order valence-electron chi connectivity index (χ2n) is 3.27. The first-order valence-corrected chi connectivity index (χ1v) is 6.86. The first-order valence-electron chi connectivity index (χ1n) is 5.23. The molecule has 0 spiro atoms. The molecule has 0 aliphatic rings. The van der Waals surface area contributed by atoms with E-state index >= 15 is 0 Å². The Kier molecular flexibility index (Phi) is 77.9. The van der Waals surface area contributed by atoms with Crippen molar-refractivity contribution in [2.24, 2.45) is 0 Å². The summed E-state index contributed by atoms with van der Waals surface area (Å²) >= 11 is 1.75. The van der Waals surface area contributed by atoms with Crippen molar-refractivity contribution >= 4 is 34.8 Å². The molecule has 0 radical (unpaired) electrons. The first-order chi connectivity index (χ1) is 6.22. The SMILES string of the molecule is CSC.[Br-].[Br-].[CH-]=C(CCCC)CCCC.[Cu+].[Mg+2]. The van der Waals surface area contributed by atoms with E-state index in [1.54, 1.807) is 11.8 Å². The average molecular weight is 449 g/mol. The summed E-state index contributed by atoms with van der Waals surface area (Å²) in [5.41, 5.74) is 1.20. The minimum Gasteiger partial charge on any atom is -1.00 e. The Morgan fingerprint density at radius 3 is 1.35 bits per heavy atom. The predicted octanol–water partition coefficient (Wildman–Crippen LogP) is -1.67. The van der Waals surface area contributed by atoms with E-state index < -0.39 is 0 Å². The summed E-state index contributed by atoms with van der Waals surface area (Å²) < 4.78 is 0. The van der Waals surface area contributed by atoms with Crippen LogP contribution in [0.2, 0.25) is 0 Å². The Morgan fingerprint density at radius 2 is 1.18 bits per heavy atom. The molecule has 0 fully saturated rings. The van der Waals surface area contributed by atoms with Crippen LogP contribution in [0.25, 0.3) is 0 Å². The van der Waals surface area contributed by atoms with Gasteiger partial charge in [-0.1, -0.05) is 52.4 Å². The first kappa shape index (κ1) is 36.6. The van der Waals surface area contributed by atoms with E-state index in [0.29, 0.717) is 0 Å². The van der Waals surface area contributed by atoms with Gasteiger partial charge in [-0.05, 0) is 12.5 Å². The maximum Gasteiger partial charge on any atom is 2.00 e. The fourth-order valence-electron chi connectivity index (χ4n) is 0.933. The molecule has 0 aliphatic carbocycles. The maximum atomic E-state index is 5.76. The second kappa shape index (κ2) is 36.2. The third kappa shape index (κ3) is 45.8. The van der Waals surface area contributed by atoms with E-state index in [4.69, 9.17) is 6.58 Å². The average Bonchev–Trinajstić information content (AvgIpc) is 2.12. The Morgan fingerprint density at radius 1 is 0.941 bits per heavy atom. The summed E-state index contributed by atoms with van der Waals surface area (Å²) in [4.78, 5) is 0. The van der Waals surface area contributed by atoms with Crippen molar-refractivity contribution in [1.82, 2.24) is 0 Å². The number of thioether (sulfide) groups is 1. The van der Waals surface area contributed by atoms with E-state index in [1.807, 2.05) is 12.5 Å². The zero-order valence-corrected chi connectivity index (χ0v) is 17.8. The van der Waals surface area contributed by atoms with Crippen LogP contribution in [0.1, 0.15) is 52.4 Å². The molecule has 0 nitrogen and oxygen atoms in total. The van der Waals surface area contributed by atoms with E-state index in [2.05, 4.69) is 13.8 Å². The molecular weight excluding hydrogens is 424 g/mol. The van der Waals surface area contributed by atoms with E-state index in [1.165, 1.54) is 31.3 Å². The summed E-state index contributed by atoms with van der Waals surface area (Å²) in [5, 5.41) is 0. The Labute approximate surface area is 161 Å². The van der Waals surface area contributed by atoms with Crippen LogP contribution < -0.4 is 34.0 Å². The number of rotatable bonds is 6. The van der Waals surface area contributed by atoms with Gasteiger partial charge >= 0.3 is 40.1 Å². The largest absolute Gasteiger partial charge is 2.00 e. The number of hydrogen-bond donors (Lipinski definition) is 0. The van der Waals surface area contributed by atoms with Gasteiger partial charge in [-0.25, -0.2) is 0 Å². The van der Waals surface area contributed by atoms with Crippen molar-refractivity contribution in [1.29, 1.82) is 0 Å². The molecule has 0 aromatic carbocycles. The van der Waals surface area contributed by atoms with Crippen LogP contribution in [-0.4, -0.2) is 35.6 Å². The van der Waals surface area contributed by atoms with Crippen molar-refractivity contribution in [3.8, 4) is 0 Å². The molecule has 0 saturated carbocycles. The molecule has 0 unspecified atom stereocenters. The van der Waals surface area contributed by atoms with Crippen molar-refractivity contribution in [3.05, 3.63) is 12.2 Å². The normalized spacial score (nSPS) is 6.82. The van der Waals surface area contributed by atoms with Gasteiger partial charge in [-0.3, -0.25) is 5.57 Å². The van der Waals surface area contributed by atoms with Gasteiger partial charge in [0.15, 0.2) is 0 Å². The van der Waals surface area contributed by atoms with Gasteiger partial charge in [0.05, 0.1) is 0 Å². The van der Waals surface area contributed by atoms with Crippen LogP contribution in [0.5, 0.6) is 0 Å². The number of unbranched alkanes of at least 4 members (excludes halogenated alkanes) is 2. The smallest absolute Gasteiger partial charge is 1.00 e. The van der Waals surface area contributed by atoms with Gasteiger partial charge in [0, 0.05) is 0 Å². The minimum absolute atomic E-state index is 0. The molecule has 0 atom stereocenters. The molecule has 0 aromatic rings. The Balaban J connectivity index is -0.0000000393. The summed E-state index contributed by atoms with van der Waals surface area (Å²) in [6.45, 7) is 10.2. The van der Waals surface area contributed by atoms with Gasteiger partial charge in [0.2, 0.25) is 0 Å². The fraction of sp³-hybridized carbons (Fsp3) is 0.833. The van der Waals surface area contributed by atoms with Crippen molar-refractivity contribution in [2.75, 3.05) is 12.5 Å². The van der Waals surface area contributed by atoms with Gasteiger partial charge in [-0.15, -0.1) is 0 Å². The van der Waals surface area contributed by atoms with Crippen molar-refractivity contribution in [3.63, 3.8) is 0 Å². The van der Waals surface area contributed by atoms with E-state index in [-0.39, 0.29) is 74.1 Å². The molecule has 0 bridgehead atoms. The van der Waals surface area contributed by atoms with E-state index in [9.17, 15) is 0 Å². The summed E-state index contributed by atoms with van der Waals surface area (Å²) in [6.07, 6.45) is 11.4. The van der Waals surface area contributed by atoms with E-state index in [0.717, 1.165) is 12.8 Å². The Hall–Kier alpha value is 2.34. The molecule has 5 heteroatoms. The third-order valence-corrected chi connectivity index (χ3v) is 1.70. The fourth-order valence-corrected chi connectivity index (χ4v) is 0.933. The molecule has 0 saturated heterocycles. The van der Waals surface area contributed by atoms with Gasteiger partial charge in [0.1, 0.15) is 0 Å². The molecule has 0 aliphatic heterocycles. The quantitative estimate of drug-likeness (QED) is 0.346. The number of allylic oxidation sites excluding steroid dienone is 1. The molecule has 0 heterocycles. The van der Waals surface area contributed by atoms with Gasteiger partial charge in [0.25, 0.3) is 0 Å². The predicted molar refractivity (Wildman–Crippen MR) is 72.1 cm³/mol. The van der Waals surface area contributed by atoms with Crippen LogP contribution in [-0.2, 0) is 17.1 Å². The standard InChI is InChI=1S/C10H19.C2H6S.2BrH.Cu.Mg/c1-4-6-8-10(3)9-7-5-2;1-3-2;;;;/h3H,4-9H2,1-2H3;1-2H3;2*1H;;/q-1;;;;+1;+2/p-2. The van der Waals surface area contributed by atoms with Gasteiger partial charge in [-0.2, -0.15) is 11.8 Å². The second-order valence-corrected chi connectivity index (χ2v) is 4.09. The minimum atomic E-state index is 0. The van der Waals surface area contributed by atoms with Crippen LogP contribution in [0.15, 0.2) is 5.57 Å². The monoisotopic (exact) mass is 446 g/mol. The van der Waals surface area contributed by atoms with Crippen molar-refractivity contribution in [2.45, 2.75) is 52.4 Å². The Bertz CT molecular complexity index is 107. The van der Waals surface area contributed by atoms with Crippen LogP contribution in [0.4, 0.5) is 0 Å². The molecular formula is C12H25Br2CuMgS.